The summed E-state index contributed by atoms with van der Waals surface area (Å²) >= 11 is 0. The summed E-state index contributed by atoms with van der Waals surface area (Å²) in [6.45, 7) is 0. The van der Waals surface area contributed by atoms with Crippen LogP contribution in [0.5, 0.6) is 0 Å². The van der Waals surface area contributed by atoms with Gasteiger partial charge in [-0.25, -0.2) is 4.98 Å². The van der Waals surface area contributed by atoms with Gasteiger partial charge in [-0.3, -0.25) is 4.98 Å². The van der Waals surface area contributed by atoms with E-state index in [-0.39, 0.29) is 0 Å². The maximum absolute atomic E-state index is 5.23. The van der Waals surface area contributed by atoms with Crippen molar-refractivity contribution in [3.05, 3.63) is 194 Å². The second kappa shape index (κ2) is 13.2. The molecule has 0 amide bonds. The van der Waals surface area contributed by atoms with Crippen molar-refractivity contribution in [2.24, 2.45) is 0 Å². The van der Waals surface area contributed by atoms with Crippen LogP contribution in [0.3, 0.4) is 0 Å². The van der Waals surface area contributed by atoms with Gasteiger partial charge in [-0.1, -0.05) is 164 Å². The Morgan fingerprint density at radius 2 is 0.604 bits per heavy atom. The second-order valence-corrected chi connectivity index (χ2v) is 11.9. The first-order valence-corrected chi connectivity index (χ1v) is 16.2. The van der Waals surface area contributed by atoms with Gasteiger partial charge in [-0.15, -0.1) is 0 Å². The highest BCUT2D eigenvalue weighted by Crippen LogP contribution is 2.36. The van der Waals surface area contributed by atoms with Gasteiger partial charge in [0.05, 0.1) is 11.4 Å². The summed E-state index contributed by atoms with van der Waals surface area (Å²) in [6, 6.07) is 64.4. The summed E-state index contributed by atoms with van der Waals surface area (Å²) in [5.74, 6) is 0. The zero-order valence-electron chi connectivity index (χ0n) is 26.4. The van der Waals surface area contributed by atoms with Gasteiger partial charge < -0.3 is 0 Å². The lowest BCUT2D eigenvalue weighted by Gasteiger charge is -2.14. The van der Waals surface area contributed by atoms with Crippen LogP contribution in [-0.4, -0.2) is 9.97 Å². The fourth-order valence-electron chi connectivity index (χ4n) is 6.23. The topological polar surface area (TPSA) is 25.8 Å². The van der Waals surface area contributed by atoms with E-state index in [4.69, 9.17) is 4.98 Å². The second-order valence-electron chi connectivity index (χ2n) is 11.9. The molecule has 226 valence electrons. The molecule has 6 aromatic carbocycles. The fourth-order valence-corrected chi connectivity index (χ4v) is 6.23. The zero-order chi connectivity index (χ0) is 32.1. The Hall–Kier alpha value is -6.38. The van der Waals surface area contributed by atoms with Crippen molar-refractivity contribution in [3.8, 4) is 78.1 Å². The van der Waals surface area contributed by atoms with E-state index in [0.29, 0.717) is 0 Å². The molecule has 0 aliphatic rings. The lowest BCUT2D eigenvalue weighted by molar-refractivity contribution is 1.29. The van der Waals surface area contributed by atoms with Crippen LogP contribution >= 0.6 is 0 Å². The molecule has 0 saturated heterocycles. The zero-order valence-corrected chi connectivity index (χ0v) is 26.4. The van der Waals surface area contributed by atoms with Gasteiger partial charge in [-0.05, 0) is 68.3 Å². The monoisotopic (exact) mass is 612 g/mol. The smallest absolute Gasteiger partial charge is 0.0787 e. The van der Waals surface area contributed by atoms with Crippen LogP contribution in [-0.2, 0) is 0 Å². The van der Waals surface area contributed by atoms with Crippen LogP contribution in [0.25, 0.3) is 78.1 Å². The van der Waals surface area contributed by atoms with Crippen molar-refractivity contribution in [2.75, 3.05) is 0 Å². The molecule has 8 rings (SSSR count). The minimum atomic E-state index is 0.923. The third-order valence-corrected chi connectivity index (χ3v) is 8.88. The van der Waals surface area contributed by atoms with Crippen molar-refractivity contribution in [3.63, 3.8) is 0 Å². The first-order chi connectivity index (χ1) is 23.8. The van der Waals surface area contributed by atoms with Gasteiger partial charge in [0.2, 0.25) is 0 Å². The van der Waals surface area contributed by atoms with Crippen LogP contribution in [0.4, 0.5) is 0 Å². The third-order valence-electron chi connectivity index (χ3n) is 8.88. The van der Waals surface area contributed by atoms with Gasteiger partial charge in [0.25, 0.3) is 0 Å². The molecule has 0 unspecified atom stereocenters. The van der Waals surface area contributed by atoms with E-state index in [2.05, 4.69) is 163 Å². The Labute approximate surface area is 281 Å². The molecule has 8 aromatic rings. The molecule has 2 nitrogen and oxygen atoms in total. The highest BCUT2D eigenvalue weighted by molar-refractivity contribution is 5.85. The van der Waals surface area contributed by atoms with Crippen molar-refractivity contribution in [2.45, 2.75) is 0 Å². The SMILES string of the molecule is c1ccc(-c2ccc(-c3ccc(-c4ccc(-c5ccncc5)nc4-c4ccc(-c5ccc(-c6ccccc6)cc5)cc4)cc3)cc2)cc1. The van der Waals surface area contributed by atoms with Crippen LogP contribution < -0.4 is 0 Å². The van der Waals surface area contributed by atoms with Crippen molar-refractivity contribution >= 4 is 0 Å². The number of benzene rings is 6. The highest BCUT2D eigenvalue weighted by Gasteiger charge is 2.13. The van der Waals surface area contributed by atoms with E-state index in [1.165, 1.54) is 44.5 Å². The van der Waals surface area contributed by atoms with E-state index in [0.717, 1.165) is 33.6 Å². The molecular formula is C46H32N2. The van der Waals surface area contributed by atoms with Gasteiger partial charge in [0.15, 0.2) is 0 Å². The molecule has 2 aromatic heterocycles. The first kappa shape index (κ1) is 29.1. The minimum Gasteiger partial charge on any atom is -0.265 e. The molecule has 0 fully saturated rings. The fraction of sp³-hybridized carbons (Fsp3) is 0. The highest BCUT2D eigenvalue weighted by atomic mass is 14.7. The van der Waals surface area contributed by atoms with Crippen molar-refractivity contribution < 1.29 is 0 Å². The summed E-state index contributed by atoms with van der Waals surface area (Å²) < 4.78 is 0. The largest absolute Gasteiger partial charge is 0.265 e. The first-order valence-electron chi connectivity index (χ1n) is 16.2. The van der Waals surface area contributed by atoms with Crippen LogP contribution in [0, 0.1) is 0 Å². The van der Waals surface area contributed by atoms with Crippen molar-refractivity contribution in [1.29, 1.82) is 0 Å². The number of aromatic nitrogens is 2. The number of hydrogen-bond donors (Lipinski definition) is 0. The Morgan fingerprint density at radius 3 is 1.02 bits per heavy atom. The van der Waals surface area contributed by atoms with Gasteiger partial charge in [0, 0.05) is 29.1 Å². The normalized spacial score (nSPS) is 10.9. The van der Waals surface area contributed by atoms with Gasteiger partial charge >= 0.3 is 0 Å². The summed E-state index contributed by atoms with van der Waals surface area (Å²) in [6.07, 6.45) is 3.63. The standard InChI is InChI=1S/C46H32N2/c1-3-7-33(8-4-1)35-11-15-37(16-12-35)39-19-23-41(24-20-39)44-27-28-45(42-29-31-47-32-30-42)48-46(44)43-25-21-40(22-26-43)38-17-13-36(14-18-38)34-9-5-2-6-10-34/h1-32H. The summed E-state index contributed by atoms with van der Waals surface area (Å²) in [5, 5.41) is 0. The molecule has 0 spiro atoms. The van der Waals surface area contributed by atoms with Crippen LogP contribution in [0.2, 0.25) is 0 Å². The molecule has 0 aliphatic carbocycles. The average molecular weight is 613 g/mol. The summed E-state index contributed by atoms with van der Waals surface area (Å²) in [7, 11) is 0. The number of rotatable bonds is 7. The van der Waals surface area contributed by atoms with E-state index in [9.17, 15) is 0 Å². The van der Waals surface area contributed by atoms with E-state index in [1.807, 2.05) is 36.7 Å². The molecule has 2 heteroatoms. The van der Waals surface area contributed by atoms with Crippen LogP contribution in [0.1, 0.15) is 0 Å². The number of hydrogen-bond acceptors (Lipinski definition) is 2. The maximum atomic E-state index is 5.23. The van der Waals surface area contributed by atoms with Crippen LogP contribution in [0.15, 0.2) is 194 Å². The van der Waals surface area contributed by atoms with Gasteiger partial charge in [0.1, 0.15) is 0 Å². The Kier molecular flexibility index (Phi) is 7.96. The molecule has 2 heterocycles. The van der Waals surface area contributed by atoms with E-state index in [1.54, 1.807) is 0 Å². The lowest BCUT2D eigenvalue weighted by Crippen LogP contribution is -1.93. The quantitative estimate of drug-likeness (QED) is 0.179. The Bertz CT molecular complexity index is 2260. The summed E-state index contributed by atoms with van der Waals surface area (Å²) in [5.41, 5.74) is 15.8. The number of pyridine rings is 2. The maximum Gasteiger partial charge on any atom is 0.0787 e. The predicted molar refractivity (Wildman–Crippen MR) is 200 cm³/mol. The molecule has 0 radical (unpaired) electrons. The summed E-state index contributed by atoms with van der Waals surface area (Å²) in [4.78, 5) is 9.43. The Morgan fingerprint density at radius 1 is 0.250 bits per heavy atom. The molecule has 0 aliphatic heterocycles. The molecule has 48 heavy (non-hydrogen) atoms. The minimum absolute atomic E-state index is 0.923. The molecular weight excluding hydrogens is 581 g/mol. The molecule has 0 atom stereocenters. The molecule has 0 N–H and O–H groups in total. The Balaban J connectivity index is 1.11. The van der Waals surface area contributed by atoms with Gasteiger partial charge in [-0.2, -0.15) is 0 Å². The number of nitrogens with zero attached hydrogens (tertiary/aromatic N) is 2. The molecule has 0 bridgehead atoms. The predicted octanol–water partition coefficient (Wildman–Crippen LogP) is 12.1. The third kappa shape index (κ3) is 6.08. The average Bonchev–Trinajstić information content (AvgIpc) is 3.19. The van der Waals surface area contributed by atoms with Crippen molar-refractivity contribution in [1.82, 2.24) is 9.97 Å². The molecule has 0 saturated carbocycles. The van der Waals surface area contributed by atoms with E-state index < -0.39 is 0 Å². The lowest BCUT2D eigenvalue weighted by atomic mass is 9.94. The van der Waals surface area contributed by atoms with E-state index >= 15 is 0 Å².